The lowest BCUT2D eigenvalue weighted by Crippen LogP contribution is -2.16. The molecule has 0 aliphatic carbocycles. The second kappa shape index (κ2) is 11.6. The number of hydrazone groups is 1. The first-order valence-corrected chi connectivity index (χ1v) is 8.61. The van der Waals surface area contributed by atoms with Crippen molar-refractivity contribution in [1.29, 1.82) is 0 Å². The zero-order valence-corrected chi connectivity index (χ0v) is 13.3. The zero-order valence-electron chi connectivity index (χ0n) is 12.4. The maximum absolute atomic E-state index is 11.5. The summed E-state index contributed by atoms with van der Waals surface area (Å²) in [6.45, 7) is 2.24. The third-order valence-electron chi connectivity index (χ3n) is 3.20. The zero-order chi connectivity index (χ0) is 14.5. The van der Waals surface area contributed by atoms with Gasteiger partial charge in [-0.3, -0.25) is 4.79 Å². The molecule has 4 heteroatoms. The lowest BCUT2D eigenvalue weighted by atomic mass is 10.1. The lowest BCUT2D eigenvalue weighted by molar-refractivity contribution is -0.121. The lowest BCUT2D eigenvalue weighted by Gasteiger charge is -2.01. The van der Waals surface area contributed by atoms with E-state index < -0.39 is 0 Å². The van der Waals surface area contributed by atoms with Crippen LogP contribution in [0.4, 0.5) is 0 Å². The summed E-state index contributed by atoms with van der Waals surface area (Å²) in [7, 11) is 0. The third-order valence-corrected chi connectivity index (χ3v) is 3.90. The van der Waals surface area contributed by atoms with E-state index in [1.54, 1.807) is 17.6 Å². The molecule has 1 heterocycles. The number of rotatable bonds is 11. The maximum Gasteiger partial charge on any atom is 0.240 e. The molecule has 1 amide bonds. The third kappa shape index (κ3) is 8.86. The van der Waals surface area contributed by atoms with Gasteiger partial charge in [-0.2, -0.15) is 16.4 Å². The molecule has 1 rings (SSSR count). The summed E-state index contributed by atoms with van der Waals surface area (Å²) in [5.41, 5.74) is 3.60. The first-order chi connectivity index (χ1) is 9.83. The van der Waals surface area contributed by atoms with Crippen molar-refractivity contribution in [1.82, 2.24) is 5.43 Å². The Hall–Kier alpha value is -1.16. The summed E-state index contributed by atoms with van der Waals surface area (Å²) in [4.78, 5) is 11.5. The minimum Gasteiger partial charge on any atom is -0.273 e. The SMILES string of the molecule is CCCCCCCCCCC(=O)NN=Cc1ccsc1. The van der Waals surface area contributed by atoms with Crippen molar-refractivity contribution >= 4 is 23.5 Å². The molecule has 20 heavy (non-hydrogen) atoms. The summed E-state index contributed by atoms with van der Waals surface area (Å²) >= 11 is 1.62. The molecule has 0 fully saturated rings. The van der Waals surface area contributed by atoms with Crippen molar-refractivity contribution in [3.8, 4) is 0 Å². The van der Waals surface area contributed by atoms with Gasteiger partial charge in [0, 0.05) is 12.0 Å². The molecule has 1 aromatic rings. The number of hydrogen-bond donors (Lipinski definition) is 1. The van der Waals surface area contributed by atoms with Crippen molar-refractivity contribution in [2.24, 2.45) is 5.10 Å². The second-order valence-corrected chi connectivity index (χ2v) is 5.85. The van der Waals surface area contributed by atoms with Crippen molar-refractivity contribution in [3.05, 3.63) is 22.4 Å². The van der Waals surface area contributed by atoms with E-state index in [-0.39, 0.29) is 5.91 Å². The monoisotopic (exact) mass is 294 g/mol. The fourth-order valence-electron chi connectivity index (χ4n) is 2.00. The fraction of sp³-hybridized carbons (Fsp3) is 0.625. The van der Waals surface area contributed by atoms with Crippen LogP contribution in [0.15, 0.2) is 21.9 Å². The Kier molecular flexibility index (Phi) is 9.84. The molecule has 0 saturated carbocycles. The van der Waals surface area contributed by atoms with Crippen LogP contribution in [0.25, 0.3) is 0 Å². The molecule has 0 atom stereocenters. The Labute approximate surface area is 126 Å². The number of nitrogens with one attached hydrogen (secondary N) is 1. The predicted octanol–water partition coefficient (Wildman–Crippen LogP) is 4.73. The molecule has 0 aliphatic rings. The van der Waals surface area contributed by atoms with Crippen LogP contribution in [0.3, 0.4) is 0 Å². The molecule has 112 valence electrons. The van der Waals surface area contributed by atoms with Crippen LogP contribution in [0.1, 0.15) is 70.3 Å². The predicted molar refractivity (Wildman–Crippen MR) is 87.3 cm³/mol. The Balaban J connectivity index is 1.92. The highest BCUT2D eigenvalue weighted by atomic mass is 32.1. The van der Waals surface area contributed by atoms with Crippen LogP contribution in [0, 0.1) is 0 Å². The van der Waals surface area contributed by atoms with E-state index in [0.717, 1.165) is 18.4 Å². The van der Waals surface area contributed by atoms with Crippen molar-refractivity contribution < 1.29 is 4.79 Å². The largest absolute Gasteiger partial charge is 0.273 e. The molecule has 0 saturated heterocycles. The second-order valence-electron chi connectivity index (χ2n) is 5.07. The van der Waals surface area contributed by atoms with Crippen LogP contribution in [-0.4, -0.2) is 12.1 Å². The fourth-order valence-corrected chi connectivity index (χ4v) is 2.61. The van der Waals surface area contributed by atoms with Crippen LogP contribution in [0.5, 0.6) is 0 Å². The highest BCUT2D eigenvalue weighted by Crippen LogP contribution is 2.09. The summed E-state index contributed by atoms with van der Waals surface area (Å²) in [5, 5.41) is 7.93. The molecule has 0 radical (unpaired) electrons. The topological polar surface area (TPSA) is 41.5 Å². The first kappa shape index (κ1) is 16.9. The molecule has 0 aromatic carbocycles. The maximum atomic E-state index is 11.5. The molecular weight excluding hydrogens is 268 g/mol. The first-order valence-electron chi connectivity index (χ1n) is 7.67. The molecule has 0 spiro atoms. The molecule has 1 aromatic heterocycles. The van der Waals surface area contributed by atoms with Crippen LogP contribution in [0.2, 0.25) is 0 Å². The summed E-state index contributed by atoms with van der Waals surface area (Å²) in [5.74, 6) is 0.0162. The number of nitrogens with zero attached hydrogens (tertiary/aromatic N) is 1. The van der Waals surface area contributed by atoms with Crippen molar-refractivity contribution in [2.45, 2.75) is 64.7 Å². The molecule has 0 aliphatic heterocycles. The van der Waals surface area contributed by atoms with Crippen LogP contribution in [-0.2, 0) is 4.79 Å². The quantitative estimate of drug-likeness (QED) is 0.358. The van der Waals surface area contributed by atoms with E-state index in [1.165, 1.54) is 38.5 Å². The minimum absolute atomic E-state index is 0.0162. The average Bonchev–Trinajstić information content (AvgIpc) is 2.95. The molecule has 0 unspecified atom stereocenters. The number of amides is 1. The molecular formula is C16H26N2OS. The molecule has 0 bridgehead atoms. The van der Waals surface area contributed by atoms with Gasteiger partial charge < -0.3 is 0 Å². The van der Waals surface area contributed by atoms with Gasteiger partial charge in [-0.1, -0.05) is 51.9 Å². The van der Waals surface area contributed by atoms with Crippen molar-refractivity contribution in [3.63, 3.8) is 0 Å². The summed E-state index contributed by atoms with van der Waals surface area (Å²) in [6, 6.07) is 1.97. The van der Waals surface area contributed by atoms with Crippen LogP contribution >= 0.6 is 11.3 Å². The van der Waals surface area contributed by atoms with Gasteiger partial charge in [0.05, 0.1) is 6.21 Å². The van der Waals surface area contributed by atoms with E-state index in [9.17, 15) is 4.79 Å². The Bertz CT molecular complexity index is 374. The van der Waals surface area contributed by atoms with E-state index in [0.29, 0.717) is 6.42 Å². The van der Waals surface area contributed by atoms with Gasteiger partial charge in [-0.05, 0) is 23.2 Å². The standard InChI is InChI=1S/C16H26N2OS/c1-2-3-4-5-6-7-8-9-10-16(19)18-17-13-15-11-12-20-14-15/h11-14H,2-10H2,1H3,(H,18,19). The number of carbonyl (C=O) groups excluding carboxylic acids is 1. The Morgan fingerprint density at radius 3 is 2.55 bits per heavy atom. The van der Waals surface area contributed by atoms with E-state index in [2.05, 4.69) is 17.5 Å². The molecule has 3 nitrogen and oxygen atoms in total. The Morgan fingerprint density at radius 1 is 1.20 bits per heavy atom. The number of thiophene rings is 1. The minimum atomic E-state index is 0.0162. The normalized spacial score (nSPS) is 11.1. The van der Waals surface area contributed by atoms with Crippen LogP contribution < -0.4 is 5.43 Å². The van der Waals surface area contributed by atoms with Gasteiger partial charge >= 0.3 is 0 Å². The highest BCUT2D eigenvalue weighted by molar-refractivity contribution is 7.08. The highest BCUT2D eigenvalue weighted by Gasteiger charge is 1.99. The van der Waals surface area contributed by atoms with Gasteiger partial charge in [0.1, 0.15) is 0 Å². The number of unbranched alkanes of at least 4 members (excludes halogenated alkanes) is 7. The number of carbonyl (C=O) groups is 1. The number of hydrogen-bond acceptors (Lipinski definition) is 3. The van der Waals surface area contributed by atoms with Gasteiger partial charge in [0.2, 0.25) is 5.91 Å². The average molecular weight is 294 g/mol. The summed E-state index contributed by atoms with van der Waals surface area (Å²) in [6.07, 6.45) is 12.3. The van der Waals surface area contributed by atoms with E-state index in [4.69, 9.17) is 0 Å². The van der Waals surface area contributed by atoms with E-state index in [1.807, 2.05) is 16.8 Å². The Morgan fingerprint density at radius 2 is 1.90 bits per heavy atom. The van der Waals surface area contributed by atoms with Gasteiger partial charge in [-0.25, -0.2) is 5.43 Å². The van der Waals surface area contributed by atoms with Gasteiger partial charge in [0.25, 0.3) is 0 Å². The summed E-state index contributed by atoms with van der Waals surface area (Å²) < 4.78 is 0. The van der Waals surface area contributed by atoms with E-state index >= 15 is 0 Å². The van der Waals surface area contributed by atoms with Crippen molar-refractivity contribution in [2.75, 3.05) is 0 Å². The smallest absolute Gasteiger partial charge is 0.240 e. The van der Waals surface area contributed by atoms with Gasteiger partial charge in [-0.15, -0.1) is 0 Å². The molecule has 1 N–H and O–H groups in total. The van der Waals surface area contributed by atoms with Gasteiger partial charge in [0.15, 0.2) is 0 Å².